The average Bonchev–Trinajstić information content (AvgIpc) is 3.35. The van der Waals surface area contributed by atoms with Gasteiger partial charge < -0.3 is 19.7 Å². The Kier molecular flexibility index (Phi) is 6.08. The van der Waals surface area contributed by atoms with Crippen molar-refractivity contribution in [2.24, 2.45) is 0 Å². The zero-order valence-electron chi connectivity index (χ0n) is 18.4. The van der Waals surface area contributed by atoms with Crippen molar-refractivity contribution in [3.8, 4) is 11.5 Å². The number of methoxy groups -OCH3 is 2. The number of ketones is 1. The summed E-state index contributed by atoms with van der Waals surface area (Å²) in [5.74, 6) is -2.38. The summed E-state index contributed by atoms with van der Waals surface area (Å²) in [6.45, 7) is 1.59. The van der Waals surface area contributed by atoms with Crippen molar-refractivity contribution in [2.75, 3.05) is 19.1 Å². The summed E-state index contributed by atoms with van der Waals surface area (Å²) >= 11 is 0.906. The highest BCUT2D eigenvalue weighted by atomic mass is 32.1. The maximum absolute atomic E-state index is 13.2. The Hall–Kier alpha value is -4.18. The molecule has 1 aromatic heterocycles. The largest absolute Gasteiger partial charge is 0.508 e. The van der Waals surface area contributed by atoms with Crippen LogP contribution in [0.3, 0.4) is 0 Å². The van der Waals surface area contributed by atoms with E-state index in [4.69, 9.17) is 9.47 Å². The quantitative estimate of drug-likeness (QED) is 0.246. The lowest BCUT2D eigenvalue weighted by molar-refractivity contribution is -0.132. The number of hydrogen-bond donors (Lipinski definition) is 2. The van der Waals surface area contributed by atoms with Crippen LogP contribution in [0.4, 0.5) is 5.13 Å². The minimum atomic E-state index is -1.05. The number of phenols is 1. The Bertz CT molecular complexity index is 1330. The van der Waals surface area contributed by atoms with Crippen molar-refractivity contribution in [2.45, 2.75) is 13.0 Å². The van der Waals surface area contributed by atoms with Crippen LogP contribution in [0.5, 0.6) is 11.5 Å². The number of amides is 1. The van der Waals surface area contributed by atoms with Crippen LogP contribution >= 0.6 is 11.3 Å². The highest BCUT2D eigenvalue weighted by Crippen LogP contribution is 2.44. The van der Waals surface area contributed by atoms with Gasteiger partial charge in [0, 0.05) is 5.56 Å². The molecule has 1 saturated heterocycles. The molecule has 1 atom stereocenters. The zero-order chi connectivity index (χ0) is 24.6. The van der Waals surface area contributed by atoms with Crippen molar-refractivity contribution < 1.29 is 34.1 Å². The van der Waals surface area contributed by atoms with Gasteiger partial charge in [-0.3, -0.25) is 14.5 Å². The van der Waals surface area contributed by atoms with Crippen LogP contribution < -0.4 is 9.64 Å². The first-order valence-electron chi connectivity index (χ1n) is 10.1. The number of hydrogen-bond acceptors (Lipinski definition) is 9. The number of aliphatic hydroxyl groups excluding tert-OH is 1. The molecule has 0 bridgehead atoms. The first kappa shape index (κ1) is 23.0. The van der Waals surface area contributed by atoms with Gasteiger partial charge in [-0.1, -0.05) is 35.6 Å². The van der Waals surface area contributed by atoms with E-state index < -0.39 is 23.7 Å². The van der Waals surface area contributed by atoms with E-state index in [0.717, 1.165) is 16.2 Å². The van der Waals surface area contributed by atoms with Crippen LogP contribution in [0.25, 0.3) is 5.76 Å². The molecule has 10 heteroatoms. The molecule has 9 nitrogen and oxygen atoms in total. The number of aryl methyl sites for hydroxylation is 1. The summed E-state index contributed by atoms with van der Waals surface area (Å²) in [4.78, 5) is 44.1. The van der Waals surface area contributed by atoms with Gasteiger partial charge in [-0.15, -0.1) is 0 Å². The number of aliphatic hydroxyl groups is 1. The van der Waals surface area contributed by atoms with Gasteiger partial charge in [-0.25, -0.2) is 9.78 Å². The molecule has 2 heterocycles. The minimum absolute atomic E-state index is 0.00781. The number of carbonyl (C=O) groups is 3. The number of aromatic nitrogens is 1. The Morgan fingerprint density at radius 2 is 1.82 bits per heavy atom. The molecule has 1 amide bonds. The van der Waals surface area contributed by atoms with Crippen molar-refractivity contribution in [1.29, 1.82) is 0 Å². The van der Waals surface area contributed by atoms with Gasteiger partial charge in [0.2, 0.25) is 0 Å². The van der Waals surface area contributed by atoms with Gasteiger partial charge in [0.25, 0.3) is 5.78 Å². The molecule has 1 aliphatic heterocycles. The fourth-order valence-electron chi connectivity index (χ4n) is 3.70. The van der Waals surface area contributed by atoms with E-state index in [1.807, 2.05) is 0 Å². The summed E-state index contributed by atoms with van der Waals surface area (Å²) in [7, 11) is 2.70. The molecule has 4 rings (SSSR count). The summed E-state index contributed by atoms with van der Waals surface area (Å²) < 4.78 is 9.98. The summed E-state index contributed by atoms with van der Waals surface area (Å²) in [5.41, 5.74) is 0.919. The zero-order valence-corrected chi connectivity index (χ0v) is 19.3. The molecule has 3 aromatic rings. The molecule has 1 aliphatic rings. The second-order valence-corrected chi connectivity index (χ2v) is 8.37. The average molecular weight is 480 g/mol. The lowest BCUT2D eigenvalue weighted by Crippen LogP contribution is -2.29. The van der Waals surface area contributed by atoms with Crippen molar-refractivity contribution in [1.82, 2.24) is 4.98 Å². The molecule has 0 radical (unpaired) electrons. The van der Waals surface area contributed by atoms with Crippen LogP contribution in [0, 0.1) is 6.92 Å². The smallest absolute Gasteiger partial charge is 0.350 e. The molecule has 0 saturated carbocycles. The number of benzene rings is 2. The van der Waals surface area contributed by atoms with Gasteiger partial charge in [-0.05, 0) is 36.8 Å². The number of Topliss-reactive ketones (excluding diaryl/α,β-unsaturated/α-hetero) is 1. The number of nitrogens with zero attached hydrogens (tertiary/aromatic N) is 2. The second kappa shape index (κ2) is 8.99. The van der Waals surface area contributed by atoms with Gasteiger partial charge in [-0.2, -0.15) is 0 Å². The molecule has 1 fully saturated rings. The molecule has 0 aliphatic carbocycles. The van der Waals surface area contributed by atoms with Crippen LogP contribution in [0.1, 0.15) is 32.5 Å². The highest BCUT2D eigenvalue weighted by Gasteiger charge is 2.48. The van der Waals surface area contributed by atoms with E-state index >= 15 is 0 Å². The molecular formula is C24H20N2O7S. The van der Waals surface area contributed by atoms with Crippen LogP contribution in [0.2, 0.25) is 0 Å². The lowest BCUT2D eigenvalue weighted by Gasteiger charge is -2.23. The van der Waals surface area contributed by atoms with Crippen LogP contribution in [0.15, 0.2) is 54.1 Å². The molecular weight excluding hydrogens is 460 g/mol. The van der Waals surface area contributed by atoms with E-state index in [9.17, 15) is 24.6 Å². The number of phenolic OH excluding ortho intramolecular Hbond substituents is 1. The Morgan fingerprint density at radius 1 is 1.12 bits per heavy atom. The molecule has 174 valence electrons. The predicted octanol–water partition coefficient (Wildman–Crippen LogP) is 3.58. The third-order valence-electron chi connectivity index (χ3n) is 5.36. The van der Waals surface area contributed by atoms with E-state index in [2.05, 4.69) is 4.98 Å². The molecule has 2 aromatic carbocycles. The minimum Gasteiger partial charge on any atom is -0.508 e. The molecule has 1 unspecified atom stereocenters. The lowest BCUT2D eigenvalue weighted by atomic mass is 9.95. The normalized spacial score (nSPS) is 17.1. The number of anilines is 1. The van der Waals surface area contributed by atoms with Gasteiger partial charge in [0.05, 0.1) is 31.5 Å². The second-order valence-electron chi connectivity index (χ2n) is 7.40. The van der Waals surface area contributed by atoms with E-state index in [0.29, 0.717) is 17.0 Å². The van der Waals surface area contributed by atoms with Gasteiger partial charge in [0.15, 0.2) is 5.13 Å². The third-order valence-corrected chi connectivity index (χ3v) is 6.50. The van der Waals surface area contributed by atoms with Crippen molar-refractivity contribution in [3.63, 3.8) is 0 Å². The predicted molar refractivity (Wildman–Crippen MR) is 124 cm³/mol. The number of rotatable bonds is 5. The maximum atomic E-state index is 13.2. The standard InChI is InChI=1S/C24H20N2O7S/c1-12-21(23(31)33-3)34-24(25-12)26-18(13-7-9-15(27)10-8-13)17(20(29)22(26)30)19(28)14-5-4-6-16(11-14)32-2/h4-11,18,27-28H,1-3H3/b19-17+. The highest BCUT2D eigenvalue weighted by molar-refractivity contribution is 7.17. The van der Waals surface area contributed by atoms with Crippen molar-refractivity contribution in [3.05, 3.63) is 75.8 Å². The number of carbonyl (C=O) groups excluding carboxylic acids is 3. The molecule has 34 heavy (non-hydrogen) atoms. The molecule has 2 N–H and O–H groups in total. The summed E-state index contributed by atoms with van der Waals surface area (Å²) in [6, 6.07) is 11.3. The fourth-order valence-corrected chi connectivity index (χ4v) is 4.71. The first-order chi connectivity index (χ1) is 16.3. The van der Waals surface area contributed by atoms with E-state index in [-0.39, 0.29) is 32.7 Å². The summed E-state index contributed by atoms with van der Waals surface area (Å²) in [5, 5.41) is 21.0. The van der Waals surface area contributed by atoms with Crippen molar-refractivity contribution >= 4 is 39.9 Å². The van der Waals surface area contributed by atoms with Crippen LogP contribution in [-0.4, -0.2) is 47.1 Å². The maximum Gasteiger partial charge on any atom is 0.350 e. The Labute approximate surface area is 198 Å². The van der Waals surface area contributed by atoms with E-state index in [1.165, 1.54) is 26.4 Å². The number of ether oxygens (including phenoxy) is 2. The number of aromatic hydroxyl groups is 1. The number of thiazole rings is 1. The first-order valence-corrected chi connectivity index (χ1v) is 10.9. The van der Waals surface area contributed by atoms with E-state index in [1.54, 1.807) is 43.3 Å². The van der Waals surface area contributed by atoms with Crippen LogP contribution in [-0.2, 0) is 14.3 Å². The SMILES string of the molecule is COC(=O)c1sc(N2C(=O)C(=O)/C(=C(/O)c3cccc(OC)c3)C2c2ccc(O)cc2)nc1C. The van der Waals surface area contributed by atoms with Gasteiger partial charge in [0.1, 0.15) is 22.1 Å². The third kappa shape index (κ3) is 3.88. The van der Waals surface area contributed by atoms with Gasteiger partial charge >= 0.3 is 11.9 Å². The monoisotopic (exact) mass is 480 g/mol. The topological polar surface area (TPSA) is 126 Å². The Morgan fingerprint density at radius 3 is 2.47 bits per heavy atom. The summed E-state index contributed by atoms with van der Waals surface area (Å²) in [6.07, 6.45) is 0. The number of esters is 1. The fraction of sp³-hybridized carbons (Fsp3) is 0.167. The molecule has 0 spiro atoms. The Balaban J connectivity index is 1.93.